The molecule has 0 saturated carbocycles. The fourth-order valence-electron chi connectivity index (χ4n) is 0.761. The monoisotopic (exact) mass is 191 g/mol. The fourth-order valence-corrected chi connectivity index (χ4v) is 0.890. The lowest BCUT2D eigenvalue weighted by Crippen LogP contribution is -2.25. The van der Waals surface area contributed by atoms with Gasteiger partial charge in [-0.3, -0.25) is 0 Å². The minimum absolute atomic E-state index is 0.263. The van der Waals surface area contributed by atoms with Gasteiger partial charge in [0, 0.05) is 18.5 Å². The average molecular weight is 191 g/mol. The topological polar surface area (TPSA) is 21.3 Å². The van der Waals surface area contributed by atoms with Gasteiger partial charge in [-0.05, 0) is 19.3 Å². The Hall–Kier alpha value is 0.270. The molecule has 0 aromatic heterocycles. The van der Waals surface area contributed by atoms with Gasteiger partial charge in [0.05, 0.1) is 6.61 Å². The van der Waals surface area contributed by atoms with Gasteiger partial charge in [-0.15, -0.1) is 0 Å². The fraction of sp³-hybridized carbons (Fsp3) is 1.00. The zero-order chi connectivity index (χ0) is 9.40. The molecule has 1 unspecified atom stereocenters. The van der Waals surface area contributed by atoms with E-state index in [9.17, 15) is 0 Å². The van der Waals surface area contributed by atoms with Crippen LogP contribution >= 0.6 is 12.6 Å². The minimum Gasteiger partial charge on any atom is -0.380 e. The lowest BCUT2D eigenvalue weighted by atomic mass is 10.1. The summed E-state index contributed by atoms with van der Waals surface area (Å²) in [5.74, 6) is 0.738. The molecule has 0 aliphatic heterocycles. The van der Waals surface area contributed by atoms with E-state index >= 15 is 0 Å². The predicted molar refractivity (Wildman–Crippen MR) is 56.7 cm³/mol. The van der Waals surface area contributed by atoms with Crippen LogP contribution in [-0.4, -0.2) is 25.1 Å². The van der Waals surface area contributed by atoms with Crippen LogP contribution in [0.3, 0.4) is 0 Å². The summed E-state index contributed by atoms with van der Waals surface area (Å²) < 4.78 is 5.40. The van der Waals surface area contributed by atoms with Crippen LogP contribution in [0.25, 0.3) is 0 Å². The number of thiol groups is 1. The molecule has 12 heavy (non-hydrogen) atoms. The molecule has 74 valence electrons. The van der Waals surface area contributed by atoms with Crippen LogP contribution in [0.2, 0.25) is 0 Å². The normalized spacial score (nSPS) is 13.8. The molecule has 0 aromatic carbocycles. The Labute approximate surface area is 81.5 Å². The van der Waals surface area contributed by atoms with Gasteiger partial charge in [0.2, 0.25) is 0 Å². The molecule has 0 bridgehead atoms. The Morgan fingerprint density at radius 2 is 1.92 bits per heavy atom. The van der Waals surface area contributed by atoms with Crippen molar-refractivity contribution in [1.82, 2.24) is 5.32 Å². The van der Waals surface area contributed by atoms with E-state index in [4.69, 9.17) is 4.74 Å². The predicted octanol–water partition coefficient (Wildman–Crippen LogP) is 1.91. The van der Waals surface area contributed by atoms with Crippen LogP contribution in [0.15, 0.2) is 0 Å². The number of nitrogens with one attached hydrogen (secondary N) is 1. The number of hydrogen-bond acceptors (Lipinski definition) is 3. The summed E-state index contributed by atoms with van der Waals surface area (Å²) in [5, 5.41) is 3.44. The molecule has 0 aliphatic rings. The second kappa shape index (κ2) is 7.90. The van der Waals surface area contributed by atoms with Crippen molar-refractivity contribution >= 4 is 12.6 Å². The van der Waals surface area contributed by atoms with E-state index in [1.54, 1.807) is 0 Å². The Morgan fingerprint density at radius 1 is 1.25 bits per heavy atom. The third-order valence-corrected chi connectivity index (χ3v) is 1.71. The molecule has 1 N–H and O–H groups in total. The summed E-state index contributed by atoms with van der Waals surface area (Å²) in [7, 11) is 0. The molecule has 3 heteroatoms. The summed E-state index contributed by atoms with van der Waals surface area (Å²) in [6.07, 6.45) is 1.15. The third kappa shape index (κ3) is 10.3. The second-order valence-electron chi connectivity index (χ2n) is 3.42. The van der Waals surface area contributed by atoms with Gasteiger partial charge >= 0.3 is 0 Å². The largest absolute Gasteiger partial charge is 0.380 e. The summed E-state index contributed by atoms with van der Waals surface area (Å²) in [5.41, 5.74) is 0. The summed E-state index contributed by atoms with van der Waals surface area (Å²) in [6.45, 7) is 8.98. The van der Waals surface area contributed by atoms with Crippen LogP contribution in [-0.2, 0) is 4.74 Å². The van der Waals surface area contributed by atoms with Crippen molar-refractivity contribution in [2.75, 3.05) is 19.8 Å². The van der Waals surface area contributed by atoms with E-state index in [0.717, 1.165) is 32.1 Å². The summed E-state index contributed by atoms with van der Waals surface area (Å²) in [6, 6.07) is 0. The highest BCUT2D eigenvalue weighted by atomic mass is 32.1. The van der Waals surface area contributed by atoms with Crippen molar-refractivity contribution in [3.05, 3.63) is 0 Å². The first-order valence-electron chi connectivity index (χ1n) is 4.62. The molecule has 0 aromatic rings. The van der Waals surface area contributed by atoms with Gasteiger partial charge in [-0.25, -0.2) is 0 Å². The Bertz CT molecular complexity index is 84.5. The van der Waals surface area contributed by atoms with Crippen LogP contribution in [0.4, 0.5) is 0 Å². The lowest BCUT2D eigenvalue weighted by Gasteiger charge is -2.08. The smallest absolute Gasteiger partial charge is 0.0591 e. The van der Waals surface area contributed by atoms with E-state index in [1.807, 2.05) is 6.92 Å². The van der Waals surface area contributed by atoms with Crippen LogP contribution in [0.5, 0.6) is 0 Å². The first-order chi connectivity index (χ1) is 5.63. The molecule has 1 atom stereocenters. The van der Waals surface area contributed by atoms with Crippen molar-refractivity contribution in [3.63, 3.8) is 0 Å². The summed E-state index contributed by atoms with van der Waals surface area (Å²) in [4.78, 5) is 0. The molecule has 0 heterocycles. The maximum absolute atomic E-state index is 5.40. The van der Waals surface area contributed by atoms with Gasteiger partial charge in [0.15, 0.2) is 0 Å². The van der Waals surface area contributed by atoms with Crippen molar-refractivity contribution in [2.24, 2.45) is 5.92 Å². The molecule has 2 nitrogen and oxygen atoms in total. The first-order valence-corrected chi connectivity index (χ1v) is 5.13. The van der Waals surface area contributed by atoms with E-state index < -0.39 is 0 Å². The standard InChI is InChI=1S/C9H21NOS/c1-8(2)4-6-11-7-5-10-9(3)12/h8-10,12H,4-7H2,1-3H3. The maximum atomic E-state index is 5.40. The number of ether oxygens (including phenoxy) is 1. The zero-order valence-electron chi connectivity index (χ0n) is 8.34. The van der Waals surface area contributed by atoms with Crippen LogP contribution in [0.1, 0.15) is 27.2 Å². The Kier molecular flexibility index (Phi) is 8.07. The highest BCUT2D eigenvalue weighted by molar-refractivity contribution is 7.80. The lowest BCUT2D eigenvalue weighted by molar-refractivity contribution is 0.125. The second-order valence-corrected chi connectivity index (χ2v) is 4.20. The van der Waals surface area contributed by atoms with Gasteiger partial charge in [0.1, 0.15) is 0 Å². The van der Waals surface area contributed by atoms with Gasteiger partial charge in [-0.2, -0.15) is 12.6 Å². The van der Waals surface area contributed by atoms with E-state index in [0.29, 0.717) is 0 Å². The Morgan fingerprint density at radius 3 is 2.42 bits per heavy atom. The first kappa shape index (κ1) is 12.3. The molecule has 0 aliphatic carbocycles. The van der Waals surface area contributed by atoms with E-state index in [1.165, 1.54) is 0 Å². The third-order valence-electron chi connectivity index (χ3n) is 1.53. The molecule has 0 amide bonds. The molecule has 0 spiro atoms. The summed E-state index contributed by atoms with van der Waals surface area (Å²) >= 11 is 4.19. The van der Waals surface area contributed by atoms with Crippen molar-refractivity contribution in [2.45, 2.75) is 32.6 Å². The molecule has 0 rings (SSSR count). The van der Waals surface area contributed by atoms with Gasteiger partial charge in [0.25, 0.3) is 0 Å². The van der Waals surface area contributed by atoms with Crippen molar-refractivity contribution < 1.29 is 4.74 Å². The minimum atomic E-state index is 0.263. The highest BCUT2D eigenvalue weighted by Crippen LogP contribution is 1.98. The van der Waals surface area contributed by atoms with E-state index in [-0.39, 0.29) is 5.37 Å². The van der Waals surface area contributed by atoms with Crippen molar-refractivity contribution in [1.29, 1.82) is 0 Å². The van der Waals surface area contributed by atoms with Gasteiger partial charge in [-0.1, -0.05) is 13.8 Å². The van der Waals surface area contributed by atoms with Crippen LogP contribution in [0, 0.1) is 5.92 Å². The Balaban J connectivity index is 2.91. The molecule has 0 fully saturated rings. The maximum Gasteiger partial charge on any atom is 0.0591 e. The van der Waals surface area contributed by atoms with Crippen molar-refractivity contribution in [3.8, 4) is 0 Å². The average Bonchev–Trinajstić information content (AvgIpc) is 1.95. The van der Waals surface area contributed by atoms with Gasteiger partial charge < -0.3 is 10.1 Å². The molecule has 0 radical (unpaired) electrons. The highest BCUT2D eigenvalue weighted by Gasteiger charge is 1.94. The molecular formula is C9H21NOS. The van der Waals surface area contributed by atoms with Crippen LogP contribution < -0.4 is 5.32 Å². The quantitative estimate of drug-likeness (QED) is 0.364. The SMILES string of the molecule is CC(C)CCOCCNC(C)S. The number of rotatable bonds is 7. The number of hydrogen-bond donors (Lipinski definition) is 2. The van der Waals surface area contributed by atoms with E-state index in [2.05, 4.69) is 31.8 Å². The molecular weight excluding hydrogens is 170 g/mol. The zero-order valence-corrected chi connectivity index (χ0v) is 9.23. The molecule has 0 saturated heterocycles.